The molecule has 2 aromatic heterocycles. The number of nitrogens with one attached hydrogen (secondary N) is 1. The van der Waals surface area contributed by atoms with Crippen LogP contribution in [-0.4, -0.2) is 27.3 Å². The molecule has 4 rings (SSSR count). The van der Waals surface area contributed by atoms with Crippen LogP contribution in [0, 0.1) is 5.82 Å². The number of halogens is 3. The second kappa shape index (κ2) is 7.86. The molecule has 2 heterocycles. The maximum Gasteiger partial charge on any atom is 0.387 e. The molecule has 0 spiro atoms. The van der Waals surface area contributed by atoms with E-state index in [9.17, 15) is 18.0 Å². The van der Waals surface area contributed by atoms with E-state index >= 15 is 0 Å². The van der Waals surface area contributed by atoms with E-state index in [-0.39, 0.29) is 11.3 Å². The number of carbonyl (C=O) groups excluding carboxylic acids is 1. The highest BCUT2D eigenvalue weighted by atomic mass is 19.3. The summed E-state index contributed by atoms with van der Waals surface area (Å²) in [6.45, 7) is -3.17. The van der Waals surface area contributed by atoms with E-state index in [1.165, 1.54) is 0 Å². The quantitative estimate of drug-likeness (QED) is 0.519. The van der Waals surface area contributed by atoms with Crippen LogP contribution in [0.4, 0.5) is 18.9 Å². The second-order valence-corrected chi connectivity index (χ2v) is 6.45. The van der Waals surface area contributed by atoms with Crippen LogP contribution in [-0.2, 0) is 7.05 Å². The Labute approximate surface area is 168 Å². The minimum absolute atomic E-state index is 0.0782. The van der Waals surface area contributed by atoms with Crippen LogP contribution in [0.2, 0.25) is 0 Å². The second-order valence-electron chi connectivity index (χ2n) is 6.45. The Bertz CT molecular complexity index is 1240. The lowest BCUT2D eigenvalue weighted by Crippen LogP contribution is -2.15. The van der Waals surface area contributed by atoms with Crippen molar-refractivity contribution in [2.24, 2.45) is 7.05 Å². The summed E-state index contributed by atoms with van der Waals surface area (Å²) in [4.78, 5) is 17.6. The third-order valence-corrected chi connectivity index (χ3v) is 4.37. The number of carbonyl (C=O) groups is 1. The number of ether oxygens (including phenoxy) is 1. The van der Waals surface area contributed by atoms with Gasteiger partial charge in [0.15, 0.2) is 5.75 Å². The van der Waals surface area contributed by atoms with Crippen LogP contribution in [0.1, 0.15) is 10.4 Å². The number of para-hydroxylation sites is 1. The lowest BCUT2D eigenvalue weighted by molar-refractivity contribution is -0.0495. The molecule has 0 fully saturated rings. The van der Waals surface area contributed by atoms with Crippen LogP contribution < -0.4 is 10.1 Å². The number of alkyl halides is 2. The van der Waals surface area contributed by atoms with Crippen molar-refractivity contribution in [3.8, 4) is 17.0 Å². The molecule has 6 nitrogen and oxygen atoms in total. The van der Waals surface area contributed by atoms with E-state index in [1.54, 1.807) is 54.5 Å². The zero-order valence-electron chi connectivity index (χ0n) is 15.6. The van der Waals surface area contributed by atoms with Gasteiger partial charge in [0.2, 0.25) is 0 Å². The number of pyridine rings is 1. The fraction of sp³-hybridized carbons (Fsp3) is 0.0952. The summed E-state index contributed by atoms with van der Waals surface area (Å²) in [5.41, 5.74) is 2.00. The van der Waals surface area contributed by atoms with Gasteiger partial charge >= 0.3 is 6.61 Å². The van der Waals surface area contributed by atoms with E-state index < -0.39 is 24.1 Å². The lowest BCUT2D eigenvalue weighted by atomic mass is 10.0. The Balaban J connectivity index is 1.77. The molecule has 0 saturated carbocycles. The van der Waals surface area contributed by atoms with Crippen LogP contribution in [0.25, 0.3) is 22.2 Å². The van der Waals surface area contributed by atoms with E-state index in [4.69, 9.17) is 0 Å². The van der Waals surface area contributed by atoms with Gasteiger partial charge in [0.1, 0.15) is 5.82 Å². The molecule has 1 N–H and O–H groups in total. The molecule has 2 aromatic carbocycles. The number of rotatable bonds is 5. The van der Waals surface area contributed by atoms with Crippen molar-refractivity contribution in [1.29, 1.82) is 0 Å². The molecule has 0 aliphatic carbocycles. The molecule has 4 aromatic rings. The first-order valence-corrected chi connectivity index (χ1v) is 8.85. The number of fused-ring (bicyclic) bond motifs is 1. The summed E-state index contributed by atoms with van der Waals surface area (Å²) in [5, 5.41) is 7.21. The minimum atomic E-state index is -3.17. The minimum Gasteiger partial charge on any atom is -0.432 e. The van der Waals surface area contributed by atoms with Gasteiger partial charge in [-0.15, -0.1) is 0 Å². The van der Waals surface area contributed by atoms with Crippen LogP contribution in [0.15, 0.2) is 60.9 Å². The summed E-state index contributed by atoms with van der Waals surface area (Å²) in [6, 6.07) is 11.6. The van der Waals surface area contributed by atoms with Gasteiger partial charge in [-0.2, -0.15) is 13.9 Å². The summed E-state index contributed by atoms with van der Waals surface area (Å²) in [7, 11) is 1.76. The zero-order valence-corrected chi connectivity index (χ0v) is 15.6. The van der Waals surface area contributed by atoms with Crippen molar-refractivity contribution in [1.82, 2.24) is 14.8 Å². The number of aromatic nitrogens is 3. The van der Waals surface area contributed by atoms with Crippen molar-refractivity contribution in [3.05, 3.63) is 72.3 Å². The summed E-state index contributed by atoms with van der Waals surface area (Å²) < 4.78 is 44.7. The predicted molar refractivity (Wildman–Crippen MR) is 105 cm³/mol. The van der Waals surface area contributed by atoms with E-state index in [0.29, 0.717) is 22.2 Å². The van der Waals surface area contributed by atoms with Crippen molar-refractivity contribution < 1.29 is 22.7 Å². The Hall–Kier alpha value is -3.88. The number of benzene rings is 2. The molecule has 0 bridgehead atoms. The summed E-state index contributed by atoms with van der Waals surface area (Å²) in [6.07, 6.45) is 3.38. The maximum absolute atomic E-state index is 13.5. The van der Waals surface area contributed by atoms with Gasteiger partial charge in [-0.1, -0.05) is 18.2 Å². The molecule has 152 valence electrons. The molecule has 9 heteroatoms. The molecule has 0 atom stereocenters. The third kappa shape index (κ3) is 3.95. The summed E-state index contributed by atoms with van der Waals surface area (Å²) in [5.74, 6) is -1.81. The predicted octanol–water partition coefficient (Wildman–Crippen LogP) is 4.63. The average molecular weight is 412 g/mol. The van der Waals surface area contributed by atoms with Crippen molar-refractivity contribution >= 4 is 22.5 Å². The van der Waals surface area contributed by atoms with Crippen LogP contribution in [0.3, 0.4) is 0 Å². The number of nitrogens with zero attached hydrogens (tertiary/aromatic N) is 3. The zero-order chi connectivity index (χ0) is 21.3. The van der Waals surface area contributed by atoms with Gasteiger partial charge in [0, 0.05) is 30.3 Å². The topological polar surface area (TPSA) is 69.0 Å². The highest BCUT2D eigenvalue weighted by Gasteiger charge is 2.18. The van der Waals surface area contributed by atoms with Crippen LogP contribution in [0.5, 0.6) is 5.75 Å². The molecule has 30 heavy (non-hydrogen) atoms. The van der Waals surface area contributed by atoms with E-state index in [0.717, 1.165) is 18.2 Å². The standard InChI is InChI=1S/C21H15F3N4O2/c1-28-11-12(10-25-28)18-9-15(14-4-2-3-5-16(14)26-18)20(29)27-17-7-6-13(22)8-19(17)30-21(23)24/h2-11,21H,1H3,(H,27,29). The van der Waals surface area contributed by atoms with Gasteiger partial charge in [0.25, 0.3) is 5.91 Å². The molecule has 0 unspecified atom stereocenters. The normalized spacial score (nSPS) is 11.1. The van der Waals surface area contributed by atoms with E-state index in [2.05, 4.69) is 20.1 Å². The molecule has 1 amide bonds. The Morgan fingerprint density at radius 3 is 2.70 bits per heavy atom. The fourth-order valence-electron chi connectivity index (χ4n) is 3.05. The maximum atomic E-state index is 13.5. The lowest BCUT2D eigenvalue weighted by Gasteiger charge is -2.13. The smallest absolute Gasteiger partial charge is 0.387 e. The summed E-state index contributed by atoms with van der Waals surface area (Å²) >= 11 is 0. The van der Waals surface area contributed by atoms with Crippen LogP contribution >= 0.6 is 0 Å². The number of hydrogen-bond acceptors (Lipinski definition) is 4. The Morgan fingerprint density at radius 2 is 1.97 bits per heavy atom. The molecular formula is C21H15F3N4O2. The first kappa shape index (κ1) is 19.4. The number of hydrogen-bond donors (Lipinski definition) is 1. The van der Waals surface area contributed by atoms with Gasteiger partial charge in [-0.05, 0) is 24.3 Å². The Morgan fingerprint density at radius 1 is 1.17 bits per heavy atom. The largest absolute Gasteiger partial charge is 0.432 e. The first-order chi connectivity index (χ1) is 14.4. The highest BCUT2D eigenvalue weighted by Crippen LogP contribution is 2.29. The van der Waals surface area contributed by atoms with Gasteiger partial charge < -0.3 is 10.1 Å². The van der Waals surface area contributed by atoms with Crippen molar-refractivity contribution in [3.63, 3.8) is 0 Å². The monoisotopic (exact) mass is 412 g/mol. The number of amides is 1. The average Bonchev–Trinajstić information content (AvgIpc) is 3.15. The molecular weight excluding hydrogens is 397 g/mol. The Kier molecular flexibility index (Phi) is 5.09. The number of aryl methyl sites for hydroxylation is 1. The molecule has 0 aliphatic rings. The SMILES string of the molecule is Cn1cc(-c2cc(C(=O)Nc3ccc(F)cc3OC(F)F)c3ccccc3n2)cn1. The van der Waals surface area contributed by atoms with Crippen molar-refractivity contribution in [2.45, 2.75) is 6.61 Å². The fourth-order valence-corrected chi connectivity index (χ4v) is 3.05. The molecule has 0 radical (unpaired) electrons. The van der Waals surface area contributed by atoms with Gasteiger partial charge in [-0.3, -0.25) is 9.48 Å². The van der Waals surface area contributed by atoms with E-state index in [1.807, 2.05) is 0 Å². The highest BCUT2D eigenvalue weighted by molar-refractivity contribution is 6.13. The van der Waals surface area contributed by atoms with Gasteiger partial charge in [0.05, 0.1) is 28.7 Å². The van der Waals surface area contributed by atoms with Gasteiger partial charge in [-0.25, -0.2) is 9.37 Å². The third-order valence-electron chi connectivity index (χ3n) is 4.37. The first-order valence-electron chi connectivity index (χ1n) is 8.85. The number of anilines is 1. The van der Waals surface area contributed by atoms with Crippen molar-refractivity contribution in [2.75, 3.05) is 5.32 Å². The molecule has 0 saturated heterocycles. The molecule has 0 aliphatic heterocycles.